The highest BCUT2D eigenvalue weighted by Gasteiger charge is 2.44. The maximum atomic E-state index is 12.7. The van der Waals surface area contributed by atoms with Crippen LogP contribution in [0.2, 0.25) is 5.02 Å². The van der Waals surface area contributed by atoms with Crippen molar-refractivity contribution in [1.82, 2.24) is 15.3 Å². The molecule has 37 heavy (non-hydrogen) atoms. The first-order valence-electron chi connectivity index (χ1n) is 12.0. The number of aryl methyl sites for hydroxylation is 1. The molecule has 1 amide bonds. The van der Waals surface area contributed by atoms with E-state index in [1.54, 1.807) is 0 Å². The van der Waals surface area contributed by atoms with Crippen molar-refractivity contribution >= 4 is 35.2 Å². The predicted octanol–water partition coefficient (Wildman–Crippen LogP) is 4.78. The van der Waals surface area contributed by atoms with E-state index in [1.807, 2.05) is 56.4 Å². The van der Waals surface area contributed by atoms with Gasteiger partial charge in [0.25, 0.3) is 0 Å². The van der Waals surface area contributed by atoms with Gasteiger partial charge >= 0.3 is 12.1 Å². The van der Waals surface area contributed by atoms with E-state index in [4.69, 9.17) is 21.5 Å². The van der Waals surface area contributed by atoms with Crippen molar-refractivity contribution in [2.75, 3.05) is 24.3 Å². The zero-order valence-corrected chi connectivity index (χ0v) is 21.6. The van der Waals surface area contributed by atoms with Crippen LogP contribution < -0.4 is 15.5 Å². The molecule has 0 unspecified atom stereocenters. The molecule has 0 bridgehead atoms. The van der Waals surface area contributed by atoms with Gasteiger partial charge in [-0.1, -0.05) is 23.7 Å². The van der Waals surface area contributed by atoms with Crippen molar-refractivity contribution in [3.63, 3.8) is 0 Å². The van der Waals surface area contributed by atoms with Crippen LogP contribution in [0.4, 0.5) is 24.9 Å². The number of hydrogen-bond donors (Lipinski definition) is 3. The summed E-state index contributed by atoms with van der Waals surface area (Å²) in [5.74, 6) is -0.498. The van der Waals surface area contributed by atoms with E-state index in [0.717, 1.165) is 48.5 Å². The molecule has 4 rings (SSSR count). The van der Waals surface area contributed by atoms with Gasteiger partial charge in [0.2, 0.25) is 11.9 Å². The Morgan fingerprint density at radius 2 is 1.65 bits per heavy atom. The number of carboxylic acid groups (broad SMARTS) is 1. The van der Waals surface area contributed by atoms with Crippen LogP contribution in [0.5, 0.6) is 0 Å². The summed E-state index contributed by atoms with van der Waals surface area (Å²) in [4.78, 5) is 32.6. The number of amides is 1. The summed E-state index contributed by atoms with van der Waals surface area (Å²) in [6, 6.07) is 8.48. The Bertz CT molecular complexity index is 1090. The minimum atomic E-state index is -5.08. The van der Waals surface area contributed by atoms with Crippen molar-refractivity contribution in [1.29, 1.82) is 0 Å². The lowest BCUT2D eigenvalue weighted by molar-refractivity contribution is -0.192. The first kappa shape index (κ1) is 28.5. The van der Waals surface area contributed by atoms with Gasteiger partial charge in [-0.3, -0.25) is 4.79 Å². The maximum Gasteiger partial charge on any atom is 0.490 e. The summed E-state index contributed by atoms with van der Waals surface area (Å²) in [5, 5.41) is 14.6. The molecular formula is C25H31ClF3N5O3. The lowest BCUT2D eigenvalue weighted by Crippen LogP contribution is -2.41. The molecule has 0 saturated heterocycles. The monoisotopic (exact) mass is 541 g/mol. The molecule has 1 aromatic heterocycles. The fraction of sp³-hybridized carbons (Fsp3) is 0.520. The van der Waals surface area contributed by atoms with Crippen LogP contribution in [0.1, 0.15) is 49.1 Å². The summed E-state index contributed by atoms with van der Waals surface area (Å²) in [6.45, 7) is 2.02. The number of aromatic nitrogens is 2. The van der Waals surface area contributed by atoms with Crippen molar-refractivity contribution < 1.29 is 27.9 Å². The molecule has 3 N–H and O–H groups in total. The number of rotatable bonds is 6. The number of alkyl halides is 3. The summed E-state index contributed by atoms with van der Waals surface area (Å²) in [7, 11) is 3.98. The fourth-order valence-corrected chi connectivity index (χ4v) is 4.52. The molecule has 2 saturated carbocycles. The Morgan fingerprint density at radius 3 is 2.19 bits per heavy atom. The predicted molar refractivity (Wildman–Crippen MR) is 135 cm³/mol. The molecule has 0 aliphatic heterocycles. The summed E-state index contributed by atoms with van der Waals surface area (Å²) in [5.41, 5.74) is 2.27. The van der Waals surface area contributed by atoms with Gasteiger partial charge in [-0.2, -0.15) is 18.2 Å². The van der Waals surface area contributed by atoms with Gasteiger partial charge in [-0.15, -0.1) is 0 Å². The van der Waals surface area contributed by atoms with E-state index in [2.05, 4.69) is 20.6 Å². The zero-order valence-electron chi connectivity index (χ0n) is 20.8. The van der Waals surface area contributed by atoms with Gasteiger partial charge in [-0.25, -0.2) is 9.78 Å². The maximum absolute atomic E-state index is 12.7. The molecule has 2 atom stereocenters. The van der Waals surface area contributed by atoms with Crippen LogP contribution >= 0.6 is 11.6 Å². The average Bonchev–Trinajstić information content (AvgIpc) is 3.63. The van der Waals surface area contributed by atoms with Gasteiger partial charge in [-0.05, 0) is 62.6 Å². The third-order valence-electron chi connectivity index (χ3n) is 6.44. The lowest BCUT2D eigenvalue weighted by atomic mass is 9.91. The minimum absolute atomic E-state index is 0.104. The van der Waals surface area contributed by atoms with Gasteiger partial charge < -0.3 is 20.6 Å². The number of hydrogen-bond acceptors (Lipinski definition) is 6. The molecular weight excluding hydrogens is 511 g/mol. The Labute approximate surface area is 218 Å². The highest BCUT2D eigenvalue weighted by Crippen LogP contribution is 2.47. The van der Waals surface area contributed by atoms with Crippen LogP contribution in [0.15, 0.2) is 30.5 Å². The molecule has 8 nitrogen and oxygen atoms in total. The number of nitrogens with one attached hydrogen (secondary N) is 2. The molecule has 0 radical (unpaired) electrons. The zero-order chi connectivity index (χ0) is 27.3. The number of nitrogens with zero attached hydrogens (tertiary/aromatic N) is 3. The molecule has 2 fully saturated rings. The third kappa shape index (κ3) is 8.21. The van der Waals surface area contributed by atoms with Crippen molar-refractivity contribution in [2.45, 2.75) is 63.2 Å². The average molecular weight is 542 g/mol. The van der Waals surface area contributed by atoms with E-state index in [-0.39, 0.29) is 17.9 Å². The number of halogens is 4. The highest BCUT2D eigenvalue weighted by atomic mass is 35.5. The van der Waals surface area contributed by atoms with Crippen molar-refractivity contribution in [3.8, 4) is 0 Å². The van der Waals surface area contributed by atoms with Gasteiger partial charge in [0.1, 0.15) is 5.82 Å². The van der Waals surface area contributed by atoms with Crippen LogP contribution in [0, 0.1) is 12.8 Å². The van der Waals surface area contributed by atoms with E-state index < -0.39 is 12.1 Å². The topological polar surface area (TPSA) is 107 Å². The first-order valence-corrected chi connectivity index (χ1v) is 12.4. The number of benzene rings is 1. The van der Waals surface area contributed by atoms with Crippen LogP contribution in [-0.2, 0) is 9.59 Å². The Hall–Kier alpha value is -3.08. The largest absolute Gasteiger partial charge is 0.490 e. The number of anilines is 2. The smallest absolute Gasteiger partial charge is 0.475 e. The molecule has 2 aliphatic rings. The van der Waals surface area contributed by atoms with Gasteiger partial charge in [0.05, 0.1) is 0 Å². The molecule has 2 aromatic rings. The number of carboxylic acids is 1. The fourth-order valence-electron chi connectivity index (χ4n) is 4.39. The van der Waals surface area contributed by atoms with E-state index >= 15 is 0 Å². The molecule has 1 heterocycles. The second kappa shape index (κ2) is 12.0. The molecule has 0 spiro atoms. The van der Waals surface area contributed by atoms with Crippen LogP contribution in [0.3, 0.4) is 0 Å². The van der Waals surface area contributed by atoms with Crippen molar-refractivity contribution in [2.24, 2.45) is 5.92 Å². The molecule has 12 heteroatoms. The van der Waals surface area contributed by atoms with Gasteiger partial charge in [0, 0.05) is 48.9 Å². The second-order valence-corrected chi connectivity index (χ2v) is 10.0. The Kier molecular flexibility index (Phi) is 9.22. The Balaban J connectivity index is 0.000000479. The van der Waals surface area contributed by atoms with E-state index in [9.17, 15) is 18.0 Å². The van der Waals surface area contributed by atoms with Gasteiger partial charge in [0.15, 0.2) is 0 Å². The molecule has 1 aromatic carbocycles. The third-order valence-corrected chi connectivity index (χ3v) is 6.70. The van der Waals surface area contributed by atoms with Crippen molar-refractivity contribution in [3.05, 3.63) is 46.6 Å². The molecule has 202 valence electrons. The summed E-state index contributed by atoms with van der Waals surface area (Å²) >= 11 is 5.96. The minimum Gasteiger partial charge on any atom is -0.475 e. The van der Waals surface area contributed by atoms with E-state index in [0.29, 0.717) is 17.9 Å². The molecule has 2 aliphatic carbocycles. The first-order chi connectivity index (χ1) is 17.3. The standard InChI is InChI=1S/C23H30ClN5O.C2HF3O2/c1-14-13-25-23(28-21(14)29(2)3)27-18-10-8-17(9-11-18)26-22(30)20-12-19(20)15-4-6-16(24)7-5-15;3-2(4,5)1(6)7/h4-7,13,17-20H,8-12H2,1-3H3,(H,26,30)(H,25,27,28);(H,6,7)/t17?,18?,19-,20-;/m1./s1. The normalized spacial score (nSPS) is 22.8. The summed E-state index contributed by atoms with van der Waals surface area (Å²) in [6.07, 6.45) is 1.68. The number of carbonyl (C=O) groups is 2. The number of aliphatic carboxylic acids is 1. The van der Waals surface area contributed by atoms with E-state index in [1.165, 1.54) is 5.56 Å². The van der Waals surface area contributed by atoms with Crippen LogP contribution in [0.25, 0.3) is 0 Å². The SMILES string of the molecule is Cc1cnc(NC2CCC(NC(=O)[C@@H]3C[C@@H]3c3ccc(Cl)cc3)CC2)nc1N(C)C.O=C(O)C(F)(F)F. The Morgan fingerprint density at radius 1 is 1.08 bits per heavy atom. The highest BCUT2D eigenvalue weighted by molar-refractivity contribution is 6.30. The quantitative estimate of drug-likeness (QED) is 0.483. The summed E-state index contributed by atoms with van der Waals surface area (Å²) < 4.78 is 31.7. The van der Waals surface area contributed by atoms with Crippen LogP contribution in [-0.4, -0.2) is 59.3 Å². The number of carbonyl (C=O) groups excluding carboxylic acids is 1. The lowest BCUT2D eigenvalue weighted by Gasteiger charge is -2.30. The second-order valence-electron chi connectivity index (χ2n) is 9.60.